The van der Waals surface area contributed by atoms with Gasteiger partial charge < -0.3 is 9.64 Å². The number of rotatable bonds is 6. The standard InChI is InChI=1S/C17H23NO5S2/c1-4-18(13-9-10-25(21,22)11-13)16(19)12(2)23-17(20)14-7-5-6-8-15(14)24-3/h5-8,12-13H,4,9-11H2,1-3H3. The number of benzene rings is 1. The van der Waals surface area contributed by atoms with Crippen LogP contribution >= 0.6 is 11.8 Å². The molecule has 0 bridgehead atoms. The molecule has 1 aromatic rings. The average Bonchev–Trinajstić information content (AvgIpc) is 2.94. The fourth-order valence-electron chi connectivity index (χ4n) is 2.94. The Morgan fingerprint density at radius 3 is 2.60 bits per heavy atom. The van der Waals surface area contributed by atoms with Crippen molar-refractivity contribution in [3.63, 3.8) is 0 Å². The Morgan fingerprint density at radius 2 is 2.04 bits per heavy atom. The summed E-state index contributed by atoms with van der Waals surface area (Å²) in [5.41, 5.74) is 0.418. The van der Waals surface area contributed by atoms with Crippen LogP contribution in [-0.4, -0.2) is 61.6 Å². The zero-order chi connectivity index (χ0) is 18.6. The molecule has 0 saturated carbocycles. The van der Waals surface area contributed by atoms with Gasteiger partial charge in [-0.05, 0) is 38.7 Å². The molecule has 6 nitrogen and oxygen atoms in total. The molecule has 1 aliphatic heterocycles. The van der Waals surface area contributed by atoms with Gasteiger partial charge in [0.25, 0.3) is 5.91 Å². The lowest BCUT2D eigenvalue weighted by Crippen LogP contribution is -2.46. The highest BCUT2D eigenvalue weighted by Crippen LogP contribution is 2.22. The fourth-order valence-corrected chi connectivity index (χ4v) is 5.25. The summed E-state index contributed by atoms with van der Waals surface area (Å²) >= 11 is 1.43. The van der Waals surface area contributed by atoms with Crippen LogP contribution in [0.15, 0.2) is 29.2 Å². The lowest BCUT2D eigenvalue weighted by Gasteiger charge is -2.29. The van der Waals surface area contributed by atoms with E-state index in [1.165, 1.54) is 23.6 Å². The Bertz CT molecular complexity index is 747. The number of ether oxygens (including phenoxy) is 1. The van der Waals surface area contributed by atoms with Gasteiger partial charge in [0, 0.05) is 17.5 Å². The highest BCUT2D eigenvalue weighted by molar-refractivity contribution is 7.98. The van der Waals surface area contributed by atoms with Crippen LogP contribution in [0.4, 0.5) is 0 Å². The molecule has 0 spiro atoms. The van der Waals surface area contributed by atoms with Gasteiger partial charge in [-0.15, -0.1) is 11.8 Å². The summed E-state index contributed by atoms with van der Waals surface area (Å²) in [5.74, 6) is -0.848. The van der Waals surface area contributed by atoms with Crippen molar-refractivity contribution in [2.75, 3.05) is 24.3 Å². The van der Waals surface area contributed by atoms with E-state index >= 15 is 0 Å². The minimum atomic E-state index is -3.09. The predicted octanol–water partition coefficient (Wildman–Crippen LogP) is 1.99. The second-order valence-corrected chi connectivity index (χ2v) is 9.01. The van der Waals surface area contributed by atoms with Gasteiger partial charge in [-0.3, -0.25) is 4.79 Å². The predicted molar refractivity (Wildman–Crippen MR) is 97.5 cm³/mol. The van der Waals surface area contributed by atoms with E-state index in [1.54, 1.807) is 19.1 Å². The zero-order valence-corrected chi connectivity index (χ0v) is 16.2. The zero-order valence-electron chi connectivity index (χ0n) is 14.6. The van der Waals surface area contributed by atoms with Crippen molar-refractivity contribution in [3.05, 3.63) is 29.8 Å². The summed E-state index contributed by atoms with van der Waals surface area (Å²) < 4.78 is 28.7. The summed E-state index contributed by atoms with van der Waals surface area (Å²) in [6.45, 7) is 3.69. The highest BCUT2D eigenvalue weighted by atomic mass is 32.2. The van der Waals surface area contributed by atoms with Crippen LogP contribution in [0.3, 0.4) is 0 Å². The number of sulfone groups is 1. The molecular formula is C17H23NO5S2. The third kappa shape index (κ3) is 4.76. The summed E-state index contributed by atoms with van der Waals surface area (Å²) in [6.07, 6.45) is 1.32. The molecule has 0 aliphatic carbocycles. The summed E-state index contributed by atoms with van der Waals surface area (Å²) in [4.78, 5) is 27.3. The molecule has 2 rings (SSSR count). The van der Waals surface area contributed by atoms with Crippen molar-refractivity contribution in [1.82, 2.24) is 4.90 Å². The smallest absolute Gasteiger partial charge is 0.340 e. The fraction of sp³-hybridized carbons (Fsp3) is 0.529. The van der Waals surface area contributed by atoms with E-state index in [2.05, 4.69) is 0 Å². The van der Waals surface area contributed by atoms with Gasteiger partial charge in [-0.1, -0.05) is 12.1 Å². The lowest BCUT2D eigenvalue weighted by atomic mass is 10.2. The normalized spacial score (nSPS) is 20.0. The quantitative estimate of drug-likeness (QED) is 0.550. The Labute approximate surface area is 152 Å². The maximum Gasteiger partial charge on any atom is 0.340 e. The maximum absolute atomic E-state index is 12.6. The minimum absolute atomic E-state index is 0.0252. The number of thioether (sulfide) groups is 1. The Morgan fingerprint density at radius 1 is 1.36 bits per heavy atom. The van der Waals surface area contributed by atoms with Gasteiger partial charge in [0.1, 0.15) is 0 Å². The van der Waals surface area contributed by atoms with Crippen molar-refractivity contribution < 1.29 is 22.7 Å². The summed E-state index contributed by atoms with van der Waals surface area (Å²) in [6, 6.07) is 6.70. The second kappa shape index (κ2) is 8.23. The first-order valence-electron chi connectivity index (χ1n) is 8.14. The summed E-state index contributed by atoms with van der Waals surface area (Å²) in [7, 11) is -3.09. The van der Waals surface area contributed by atoms with Crippen LogP contribution in [0.1, 0.15) is 30.6 Å². The molecule has 1 fully saturated rings. The van der Waals surface area contributed by atoms with Crippen molar-refractivity contribution in [3.8, 4) is 0 Å². The van der Waals surface area contributed by atoms with E-state index in [4.69, 9.17) is 4.74 Å². The van der Waals surface area contributed by atoms with E-state index in [0.29, 0.717) is 18.5 Å². The molecule has 0 aromatic heterocycles. The molecular weight excluding hydrogens is 362 g/mol. The molecule has 1 amide bonds. The van der Waals surface area contributed by atoms with Crippen LogP contribution in [0.25, 0.3) is 0 Å². The molecule has 8 heteroatoms. The maximum atomic E-state index is 12.6. The highest BCUT2D eigenvalue weighted by Gasteiger charge is 2.36. The van der Waals surface area contributed by atoms with Crippen LogP contribution in [0, 0.1) is 0 Å². The third-order valence-corrected chi connectivity index (χ3v) is 6.78. The first kappa shape index (κ1) is 19.8. The van der Waals surface area contributed by atoms with Gasteiger partial charge in [-0.25, -0.2) is 13.2 Å². The molecule has 138 valence electrons. The molecule has 0 N–H and O–H groups in total. The minimum Gasteiger partial charge on any atom is -0.449 e. The number of nitrogens with zero attached hydrogens (tertiary/aromatic N) is 1. The van der Waals surface area contributed by atoms with E-state index < -0.39 is 21.9 Å². The van der Waals surface area contributed by atoms with Crippen molar-refractivity contribution >= 4 is 33.5 Å². The van der Waals surface area contributed by atoms with E-state index in [-0.39, 0.29) is 23.5 Å². The Hall–Kier alpha value is -1.54. The van der Waals surface area contributed by atoms with Crippen molar-refractivity contribution in [2.45, 2.75) is 37.3 Å². The van der Waals surface area contributed by atoms with Crippen molar-refractivity contribution in [1.29, 1.82) is 0 Å². The van der Waals surface area contributed by atoms with Crippen LogP contribution in [-0.2, 0) is 19.4 Å². The number of hydrogen-bond acceptors (Lipinski definition) is 6. The molecule has 25 heavy (non-hydrogen) atoms. The Kier molecular flexibility index (Phi) is 6.51. The van der Waals surface area contributed by atoms with Crippen LogP contribution < -0.4 is 0 Å². The molecule has 2 atom stereocenters. The SMILES string of the molecule is CCN(C(=O)C(C)OC(=O)c1ccccc1SC)C1CCS(=O)(=O)C1. The van der Waals surface area contributed by atoms with E-state index in [1.807, 2.05) is 18.4 Å². The van der Waals surface area contributed by atoms with Gasteiger partial charge in [0.15, 0.2) is 15.9 Å². The van der Waals surface area contributed by atoms with Crippen molar-refractivity contribution in [2.24, 2.45) is 0 Å². The average molecular weight is 386 g/mol. The van der Waals surface area contributed by atoms with Crippen LogP contribution in [0.5, 0.6) is 0 Å². The second-order valence-electron chi connectivity index (χ2n) is 5.93. The number of likely N-dealkylation sites (N-methyl/N-ethyl adjacent to an activating group) is 1. The van der Waals surface area contributed by atoms with Gasteiger partial charge in [0.2, 0.25) is 0 Å². The van der Waals surface area contributed by atoms with Gasteiger partial charge in [0.05, 0.1) is 17.1 Å². The first-order chi connectivity index (χ1) is 11.8. The third-order valence-electron chi connectivity index (χ3n) is 4.23. The van der Waals surface area contributed by atoms with Gasteiger partial charge in [-0.2, -0.15) is 0 Å². The van der Waals surface area contributed by atoms with Crippen LogP contribution in [0.2, 0.25) is 0 Å². The molecule has 1 saturated heterocycles. The molecule has 0 radical (unpaired) electrons. The monoisotopic (exact) mass is 385 g/mol. The lowest BCUT2D eigenvalue weighted by molar-refractivity contribution is -0.141. The topological polar surface area (TPSA) is 80.8 Å². The van der Waals surface area contributed by atoms with Gasteiger partial charge >= 0.3 is 5.97 Å². The van der Waals surface area contributed by atoms with E-state index in [9.17, 15) is 18.0 Å². The Balaban J connectivity index is 2.07. The number of esters is 1. The largest absolute Gasteiger partial charge is 0.449 e. The summed E-state index contributed by atoms with van der Waals surface area (Å²) in [5, 5.41) is 0. The van der Waals surface area contributed by atoms with E-state index in [0.717, 1.165) is 4.90 Å². The molecule has 1 heterocycles. The number of amides is 1. The molecule has 1 aromatic carbocycles. The first-order valence-corrected chi connectivity index (χ1v) is 11.2. The molecule has 2 unspecified atom stereocenters. The number of carbonyl (C=O) groups excluding carboxylic acids is 2. The number of carbonyl (C=O) groups is 2. The number of hydrogen-bond donors (Lipinski definition) is 0. The molecule has 1 aliphatic rings.